The third-order valence-corrected chi connectivity index (χ3v) is 4.95. The van der Waals surface area contributed by atoms with Crippen molar-refractivity contribution in [1.82, 2.24) is 4.98 Å². The first-order chi connectivity index (χ1) is 10.8. The molecule has 2 heterocycles. The smallest absolute Gasteiger partial charge is 0.225 e. The Morgan fingerprint density at radius 2 is 1.91 bits per heavy atom. The average molecular weight is 306 g/mol. The van der Waals surface area contributed by atoms with Gasteiger partial charge in [0.1, 0.15) is 0 Å². The van der Waals surface area contributed by atoms with Crippen molar-refractivity contribution < 1.29 is 4.74 Å². The van der Waals surface area contributed by atoms with Gasteiger partial charge in [0.25, 0.3) is 0 Å². The first-order valence-electron chi connectivity index (χ1n) is 8.15. The van der Waals surface area contributed by atoms with Crippen molar-refractivity contribution in [3.8, 4) is 11.3 Å². The minimum absolute atomic E-state index is 0.100. The predicted octanol–water partition coefficient (Wildman–Crippen LogP) is 5.12. The zero-order valence-corrected chi connectivity index (χ0v) is 14.1. The van der Waals surface area contributed by atoms with Crippen molar-refractivity contribution in [2.45, 2.75) is 34.1 Å². The van der Waals surface area contributed by atoms with E-state index >= 15 is 0 Å². The number of rotatable bonds is 1. The number of aromatic nitrogens is 1. The normalized spacial score (nSPS) is 21.0. The van der Waals surface area contributed by atoms with Crippen LogP contribution in [0.4, 0.5) is 5.69 Å². The van der Waals surface area contributed by atoms with Crippen LogP contribution in [0, 0.1) is 16.0 Å². The minimum Gasteiger partial charge on any atom is -0.618 e. The standard InChI is InChI=1S/C20H22N2O/c1-19(2)11-15-14-8-7-13(16-6-5-9-21-16)10-17(14)22(23)18(15)20(3,4)12-19/h5-11,21H,12H2,1-4H3. The molecule has 23 heavy (non-hydrogen) atoms. The molecule has 0 saturated carbocycles. The van der Waals surface area contributed by atoms with Gasteiger partial charge in [-0.05, 0) is 43.9 Å². The van der Waals surface area contributed by atoms with Crippen LogP contribution >= 0.6 is 0 Å². The maximum atomic E-state index is 13.0. The van der Waals surface area contributed by atoms with Gasteiger partial charge in [-0.2, -0.15) is 4.74 Å². The number of allylic oxidation sites excluding steroid dienone is 2. The Labute approximate surface area is 136 Å². The molecule has 2 aliphatic rings. The van der Waals surface area contributed by atoms with Crippen LogP contribution in [-0.4, -0.2) is 15.4 Å². The minimum atomic E-state index is -0.124. The molecule has 0 fully saturated rings. The molecule has 1 aromatic carbocycles. The fourth-order valence-corrected chi connectivity index (χ4v) is 4.41. The second kappa shape index (κ2) is 4.38. The number of H-pyrrole nitrogens is 1. The van der Waals surface area contributed by atoms with Crippen molar-refractivity contribution in [2.75, 3.05) is 0 Å². The van der Waals surface area contributed by atoms with E-state index in [1.807, 2.05) is 24.4 Å². The molecule has 118 valence electrons. The quantitative estimate of drug-likeness (QED) is 0.577. The van der Waals surface area contributed by atoms with Gasteiger partial charge in [0.15, 0.2) is 0 Å². The van der Waals surface area contributed by atoms with E-state index in [1.165, 1.54) is 0 Å². The number of hydrogen-bond donors (Lipinski definition) is 1. The second-order valence-electron chi connectivity index (χ2n) is 8.07. The highest BCUT2D eigenvalue weighted by atomic mass is 16.5. The zero-order chi connectivity index (χ0) is 16.4. The molecule has 1 aliphatic heterocycles. The Hall–Kier alpha value is -2.29. The molecule has 3 nitrogen and oxygen atoms in total. The van der Waals surface area contributed by atoms with E-state index in [4.69, 9.17) is 0 Å². The fourth-order valence-electron chi connectivity index (χ4n) is 4.41. The summed E-state index contributed by atoms with van der Waals surface area (Å²) in [7, 11) is 0. The van der Waals surface area contributed by atoms with Gasteiger partial charge < -0.3 is 10.2 Å². The third kappa shape index (κ3) is 2.07. The van der Waals surface area contributed by atoms with Gasteiger partial charge in [-0.25, -0.2) is 0 Å². The highest BCUT2D eigenvalue weighted by Crippen LogP contribution is 2.50. The van der Waals surface area contributed by atoms with Crippen LogP contribution in [0.5, 0.6) is 0 Å². The van der Waals surface area contributed by atoms with E-state index in [9.17, 15) is 5.21 Å². The van der Waals surface area contributed by atoms with Gasteiger partial charge in [-0.3, -0.25) is 0 Å². The molecule has 0 radical (unpaired) electrons. The Balaban J connectivity index is 1.94. The summed E-state index contributed by atoms with van der Waals surface area (Å²) in [5, 5.41) is 13.0. The molecule has 3 heteroatoms. The summed E-state index contributed by atoms with van der Waals surface area (Å²) in [6.45, 7) is 8.86. The van der Waals surface area contributed by atoms with Crippen molar-refractivity contribution in [1.29, 1.82) is 0 Å². The number of nitrogens with zero attached hydrogens (tertiary/aromatic N) is 1. The zero-order valence-electron chi connectivity index (χ0n) is 14.1. The van der Waals surface area contributed by atoms with Crippen LogP contribution in [-0.2, 0) is 0 Å². The Morgan fingerprint density at radius 3 is 2.61 bits per heavy atom. The van der Waals surface area contributed by atoms with Gasteiger partial charge in [0, 0.05) is 23.5 Å². The van der Waals surface area contributed by atoms with Crippen LogP contribution in [0.2, 0.25) is 0 Å². The average Bonchev–Trinajstić information content (AvgIpc) is 3.04. The summed E-state index contributed by atoms with van der Waals surface area (Å²) in [5.41, 5.74) is 5.92. The molecule has 1 aromatic heterocycles. The summed E-state index contributed by atoms with van der Waals surface area (Å²) in [5.74, 6) is 0. The lowest BCUT2D eigenvalue weighted by atomic mass is 9.65. The number of fused-ring (bicyclic) bond motifs is 3. The van der Waals surface area contributed by atoms with Crippen LogP contribution < -0.4 is 0 Å². The molecule has 1 aliphatic carbocycles. The number of aromatic amines is 1. The van der Waals surface area contributed by atoms with Crippen LogP contribution in [0.3, 0.4) is 0 Å². The lowest BCUT2D eigenvalue weighted by Gasteiger charge is -2.36. The van der Waals surface area contributed by atoms with E-state index in [-0.39, 0.29) is 10.8 Å². The lowest BCUT2D eigenvalue weighted by Crippen LogP contribution is -2.36. The van der Waals surface area contributed by atoms with Crippen molar-refractivity contribution in [2.24, 2.45) is 10.8 Å². The molecule has 1 N–H and O–H groups in total. The van der Waals surface area contributed by atoms with E-state index in [2.05, 4.69) is 50.9 Å². The number of benzene rings is 1. The number of hydrogen-bond acceptors (Lipinski definition) is 1. The Kier molecular flexibility index (Phi) is 2.72. The lowest BCUT2D eigenvalue weighted by molar-refractivity contribution is -0.361. The summed E-state index contributed by atoms with van der Waals surface area (Å²) >= 11 is 0. The maximum absolute atomic E-state index is 13.0. The fraction of sp³-hybridized carbons (Fsp3) is 0.350. The predicted molar refractivity (Wildman–Crippen MR) is 94.7 cm³/mol. The highest BCUT2D eigenvalue weighted by Gasteiger charge is 2.48. The Bertz CT molecular complexity index is 852. The van der Waals surface area contributed by atoms with E-state index < -0.39 is 0 Å². The monoisotopic (exact) mass is 306 g/mol. The third-order valence-electron chi connectivity index (χ3n) is 4.95. The molecule has 0 spiro atoms. The summed E-state index contributed by atoms with van der Waals surface area (Å²) in [4.78, 5) is 3.21. The van der Waals surface area contributed by atoms with Crippen molar-refractivity contribution in [3.63, 3.8) is 0 Å². The van der Waals surface area contributed by atoms with Gasteiger partial charge in [-0.1, -0.05) is 26.0 Å². The SMILES string of the molecule is CC1(C)C=C2C(=[N+]([O-])c3cc(-c4ccc[nH]4)ccc32)C(C)(C)C1. The van der Waals surface area contributed by atoms with E-state index in [0.717, 1.165) is 45.0 Å². The first kappa shape index (κ1) is 14.3. The van der Waals surface area contributed by atoms with Crippen molar-refractivity contribution in [3.05, 3.63) is 53.4 Å². The highest BCUT2D eigenvalue weighted by molar-refractivity contribution is 6.28. The topological polar surface area (TPSA) is 41.9 Å². The van der Waals surface area contributed by atoms with Gasteiger partial charge in [0.05, 0.1) is 16.6 Å². The molecule has 0 atom stereocenters. The largest absolute Gasteiger partial charge is 0.618 e. The second-order valence-corrected chi connectivity index (χ2v) is 8.07. The van der Waals surface area contributed by atoms with Gasteiger partial charge >= 0.3 is 0 Å². The molecular weight excluding hydrogens is 284 g/mol. The molecule has 0 bridgehead atoms. The molecule has 2 aromatic rings. The molecular formula is C20H22N2O. The van der Waals surface area contributed by atoms with Crippen LogP contribution in [0.15, 0.2) is 42.6 Å². The summed E-state index contributed by atoms with van der Waals surface area (Å²) in [6, 6.07) is 10.2. The van der Waals surface area contributed by atoms with Crippen LogP contribution in [0.1, 0.15) is 39.7 Å². The Morgan fingerprint density at radius 1 is 1.13 bits per heavy atom. The molecule has 0 saturated heterocycles. The van der Waals surface area contributed by atoms with Crippen molar-refractivity contribution >= 4 is 17.0 Å². The molecule has 0 amide bonds. The van der Waals surface area contributed by atoms with Gasteiger partial charge in [-0.15, -0.1) is 0 Å². The molecule has 0 unspecified atom stereocenters. The van der Waals surface area contributed by atoms with Crippen LogP contribution in [0.25, 0.3) is 16.8 Å². The first-order valence-corrected chi connectivity index (χ1v) is 8.15. The summed E-state index contributed by atoms with van der Waals surface area (Å²) in [6.07, 6.45) is 5.16. The maximum Gasteiger partial charge on any atom is 0.225 e. The number of nitrogens with one attached hydrogen (secondary N) is 1. The van der Waals surface area contributed by atoms with E-state index in [1.54, 1.807) is 0 Å². The summed E-state index contributed by atoms with van der Waals surface area (Å²) < 4.78 is 1.16. The molecule has 4 rings (SSSR count). The van der Waals surface area contributed by atoms with Gasteiger partial charge in [0.2, 0.25) is 11.4 Å². The van der Waals surface area contributed by atoms with E-state index in [0.29, 0.717) is 0 Å².